The first-order valence-electron chi connectivity index (χ1n) is 10.0. The third-order valence-corrected chi connectivity index (χ3v) is 6.03. The van der Waals surface area contributed by atoms with Gasteiger partial charge in [0, 0.05) is 24.4 Å². The van der Waals surface area contributed by atoms with Crippen LogP contribution in [0.2, 0.25) is 0 Å². The highest BCUT2D eigenvalue weighted by atomic mass is 16.5. The summed E-state index contributed by atoms with van der Waals surface area (Å²) in [6.07, 6.45) is 2.99. The average Bonchev–Trinajstić information content (AvgIpc) is 3.30. The molecule has 0 spiro atoms. The number of rotatable bonds is 4. The summed E-state index contributed by atoms with van der Waals surface area (Å²) in [6, 6.07) is 16.0. The number of aromatic amines is 1. The van der Waals surface area contributed by atoms with Crippen molar-refractivity contribution in [2.24, 2.45) is 0 Å². The van der Waals surface area contributed by atoms with Gasteiger partial charge >= 0.3 is 5.69 Å². The van der Waals surface area contributed by atoms with E-state index >= 15 is 0 Å². The van der Waals surface area contributed by atoms with E-state index in [1.807, 2.05) is 47.0 Å². The van der Waals surface area contributed by atoms with Crippen molar-refractivity contribution in [1.29, 1.82) is 0 Å². The van der Waals surface area contributed by atoms with Gasteiger partial charge in [-0.3, -0.25) is 9.47 Å². The van der Waals surface area contributed by atoms with Crippen LogP contribution in [0.3, 0.4) is 0 Å². The summed E-state index contributed by atoms with van der Waals surface area (Å²) in [5, 5.41) is 5.49. The molecular weight excluding hydrogens is 352 g/mol. The summed E-state index contributed by atoms with van der Waals surface area (Å²) in [7, 11) is 0. The quantitative estimate of drug-likeness (QED) is 0.578. The molecule has 0 bridgehead atoms. The molecule has 6 heteroatoms. The van der Waals surface area contributed by atoms with Crippen LogP contribution >= 0.6 is 0 Å². The molecule has 4 aromatic rings. The fourth-order valence-electron chi connectivity index (χ4n) is 4.64. The molecule has 6 nitrogen and oxygen atoms in total. The number of nitrogens with zero attached hydrogens (tertiary/aromatic N) is 3. The monoisotopic (exact) mass is 376 g/mol. The predicted molar refractivity (Wildman–Crippen MR) is 109 cm³/mol. The lowest BCUT2D eigenvalue weighted by molar-refractivity contribution is 0.101. The number of para-hydroxylation sites is 3. The minimum atomic E-state index is -0.0299. The summed E-state index contributed by atoms with van der Waals surface area (Å²) in [4.78, 5) is 18.1. The molecule has 5 rings (SSSR count). The molecule has 0 saturated carbocycles. The fraction of sp³-hybridized carbons (Fsp3) is 0.364. The molecule has 2 aromatic carbocycles. The molecule has 28 heavy (non-hydrogen) atoms. The molecule has 3 heterocycles. The molecule has 1 unspecified atom stereocenters. The molecule has 0 radical (unpaired) electrons. The van der Waals surface area contributed by atoms with Crippen molar-refractivity contribution in [1.82, 2.24) is 19.6 Å². The number of piperidine rings is 1. The standard InChI is InChI=1S/C22H24N4O2/c1-2-20(26-18-9-5-4-8-17(18)23-22(26)27)25-13-11-15(12-14-25)21-16-7-3-6-10-19(16)28-24-21/h3-10,15,20H,2,11-14H2,1H3,(H,23,27). The second kappa shape index (κ2) is 6.95. The van der Waals surface area contributed by atoms with Gasteiger partial charge in [-0.15, -0.1) is 0 Å². The predicted octanol–water partition coefficient (Wildman–Crippen LogP) is 4.26. The van der Waals surface area contributed by atoms with Crippen molar-refractivity contribution < 1.29 is 4.52 Å². The summed E-state index contributed by atoms with van der Waals surface area (Å²) >= 11 is 0. The van der Waals surface area contributed by atoms with Gasteiger partial charge in [0.2, 0.25) is 0 Å². The van der Waals surface area contributed by atoms with Crippen LogP contribution in [0.5, 0.6) is 0 Å². The SMILES string of the molecule is CCC(N1CCC(c2noc3ccccc23)CC1)n1c(=O)[nH]c2ccccc21. The molecular formula is C22H24N4O2. The van der Waals surface area contributed by atoms with E-state index in [9.17, 15) is 4.79 Å². The van der Waals surface area contributed by atoms with Gasteiger partial charge in [0.1, 0.15) is 0 Å². The highest BCUT2D eigenvalue weighted by molar-refractivity contribution is 5.79. The molecule has 1 N–H and O–H groups in total. The topological polar surface area (TPSA) is 67.1 Å². The van der Waals surface area contributed by atoms with E-state index in [0.717, 1.165) is 60.0 Å². The van der Waals surface area contributed by atoms with Gasteiger partial charge in [-0.05, 0) is 43.5 Å². The third kappa shape index (κ3) is 2.76. The number of aromatic nitrogens is 3. The van der Waals surface area contributed by atoms with Crippen molar-refractivity contribution >= 4 is 22.0 Å². The first kappa shape index (κ1) is 17.3. The summed E-state index contributed by atoms with van der Waals surface area (Å²) in [6.45, 7) is 4.03. The number of benzene rings is 2. The number of imidazole rings is 1. The zero-order valence-corrected chi connectivity index (χ0v) is 16.0. The van der Waals surface area contributed by atoms with Crippen LogP contribution in [-0.2, 0) is 0 Å². The van der Waals surface area contributed by atoms with Gasteiger partial charge in [0.25, 0.3) is 0 Å². The molecule has 0 amide bonds. The number of H-pyrrole nitrogens is 1. The number of hydrogen-bond acceptors (Lipinski definition) is 4. The van der Waals surface area contributed by atoms with E-state index in [2.05, 4.69) is 28.0 Å². The molecule has 0 aliphatic carbocycles. The van der Waals surface area contributed by atoms with Crippen molar-refractivity contribution in [3.63, 3.8) is 0 Å². The van der Waals surface area contributed by atoms with E-state index in [-0.39, 0.29) is 11.9 Å². The highest BCUT2D eigenvalue weighted by Crippen LogP contribution is 2.34. The van der Waals surface area contributed by atoms with Crippen LogP contribution in [0.4, 0.5) is 0 Å². The molecule has 1 saturated heterocycles. The van der Waals surface area contributed by atoms with E-state index in [1.165, 1.54) is 0 Å². The maximum Gasteiger partial charge on any atom is 0.327 e. The van der Waals surface area contributed by atoms with Crippen LogP contribution in [0.25, 0.3) is 22.0 Å². The number of nitrogens with one attached hydrogen (secondary N) is 1. The lowest BCUT2D eigenvalue weighted by Crippen LogP contribution is -2.41. The largest absolute Gasteiger partial charge is 0.356 e. The number of hydrogen-bond donors (Lipinski definition) is 1. The fourth-order valence-corrected chi connectivity index (χ4v) is 4.64. The molecule has 1 fully saturated rings. The molecule has 144 valence electrons. The van der Waals surface area contributed by atoms with Gasteiger partial charge < -0.3 is 9.51 Å². The van der Waals surface area contributed by atoms with Crippen LogP contribution < -0.4 is 5.69 Å². The van der Waals surface area contributed by atoms with E-state index in [0.29, 0.717) is 5.92 Å². The molecule has 1 aliphatic rings. The van der Waals surface area contributed by atoms with Crippen LogP contribution in [0.15, 0.2) is 57.8 Å². The van der Waals surface area contributed by atoms with Gasteiger partial charge in [-0.1, -0.05) is 36.3 Å². The smallest absolute Gasteiger partial charge is 0.327 e. The minimum Gasteiger partial charge on any atom is -0.356 e. The van der Waals surface area contributed by atoms with E-state index in [1.54, 1.807) is 0 Å². The lowest BCUT2D eigenvalue weighted by Gasteiger charge is -2.37. The van der Waals surface area contributed by atoms with Crippen LogP contribution in [0.1, 0.15) is 44.0 Å². The normalized spacial score (nSPS) is 17.5. The van der Waals surface area contributed by atoms with Gasteiger partial charge in [-0.2, -0.15) is 0 Å². The van der Waals surface area contributed by atoms with E-state index in [4.69, 9.17) is 4.52 Å². The van der Waals surface area contributed by atoms with Crippen LogP contribution in [-0.4, -0.2) is 32.7 Å². The van der Waals surface area contributed by atoms with Crippen molar-refractivity contribution in [3.8, 4) is 0 Å². The maximum atomic E-state index is 12.6. The Morgan fingerprint density at radius 3 is 2.71 bits per heavy atom. The van der Waals surface area contributed by atoms with Gasteiger partial charge in [0.05, 0.1) is 22.9 Å². The lowest BCUT2D eigenvalue weighted by atomic mass is 9.91. The molecule has 1 aliphatic heterocycles. The molecule has 1 atom stereocenters. The first-order valence-corrected chi connectivity index (χ1v) is 10.0. The Kier molecular flexibility index (Phi) is 4.28. The second-order valence-corrected chi connectivity index (χ2v) is 7.58. The Labute approximate surface area is 162 Å². The van der Waals surface area contributed by atoms with Crippen molar-refractivity contribution in [2.45, 2.75) is 38.3 Å². The van der Waals surface area contributed by atoms with Crippen molar-refractivity contribution in [2.75, 3.05) is 13.1 Å². The average molecular weight is 376 g/mol. The summed E-state index contributed by atoms with van der Waals surface area (Å²) in [5.41, 5.74) is 3.78. The van der Waals surface area contributed by atoms with E-state index < -0.39 is 0 Å². The zero-order valence-electron chi connectivity index (χ0n) is 16.0. The Hall–Kier alpha value is -2.86. The Morgan fingerprint density at radius 1 is 1.14 bits per heavy atom. The number of likely N-dealkylation sites (tertiary alicyclic amines) is 1. The Morgan fingerprint density at radius 2 is 1.89 bits per heavy atom. The first-order chi connectivity index (χ1) is 13.8. The van der Waals surface area contributed by atoms with Gasteiger partial charge in [0.15, 0.2) is 5.58 Å². The zero-order chi connectivity index (χ0) is 19.1. The van der Waals surface area contributed by atoms with Gasteiger partial charge in [-0.25, -0.2) is 4.79 Å². The number of fused-ring (bicyclic) bond motifs is 2. The Bertz CT molecular complexity index is 1160. The van der Waals surface area contributed by atoms with Crippen molar-refractivity contribution in [3.05, 3.63) is 64.7 Å². The summed E-state index contributed by atoms with van der Waals surface area (Å²) < 4.78 is 7.43. The third-order valence-electron chi connectivity index (χ3n) is 6.03. The second-order valence-electron chi connectivity index (χ2n) is 7.58. The highest BCUT2D eigenvalue weighted by Gasteiger charge is 2.29. The molecule has 2 aromatic heterocycles. The summed E-state index contributed by atoms with van der Waals surface area (Å²) in [5.74, 6) is 0.400. The van der Waals surface area contributed by atoms with Crippen LogP contribution in [0, 0.1) is 0 Å². The Balaban J connectivity index is 1.39. The minimum absolute atomic E-state index is 0.0299. The maximum absolute atomic E-state index is 12.6.